The zero-order valence-electron chi connectivity index (χ0n) is 6.79. The molecule has 1 unspecified atom stereocenters. The van der Waals surface area contributed by atoms with Gasteiger partial charge in [0.2, 0.25) is 0 Å². The number of hydrogen-bond donors (Lipinski definition) is 1. The first-order valence-corrected chi connectivity index (χ1v) is 4.33. The first kappa shape index (κ1) is 8.38. The van der Waals surface area contributed by atoms with E-state index in [0.29, 0.717) is 17.8 Å². The first-order valence-electron chi connectivity index (χ1n) is 4.33. The van der Waals surface area contributed by atoms with Crippen molar-refractivity contribution in [3.8, 4) is 0 Å². The van der Waals surface area contributed by atoms with Crippen molar-refractivity contribution < 1.29 is 13.9 Å². The first-order chi connectivity index (χ1) is 5.72. The summed E-state index contributed by atoms with van der Waals surface area (Å²) >= 11 is 0. The summed E-state index contributed by atoms with van der Waals surface area (Å²) < 4.78 is 23.8. The fourth-order valence-electron chi connectivity index (χ4n) is 2.35. The van der Waals surface area contributed by atoms with Crippen molar-refractivity contribution >= 4 is 0 Å². The zero-order chi connectivity index (χ0) is 8.72. The van der Waals surface area contributed by atoms with Crippen molar-refractivity contribution in [3.63, 3.8) is 0 Å². The van der Waals surface area contributed by atoms with Crippen LogP contribution in [0.2, 0.25) is 0 Å². The summed E-state index contributed by atoms with van der Waals surface area (Å²) in [6.45, 7) is 1.67. The normalized spacial score (nSPS) is 40.5. The molecule has 1 saturated heterocycles. The molecule has 0 radical (unpaired) electrons. The van der Waals surface area contributed by atoms with Gasteiger partial charge in [0, 0.05) is 19.7 Å². The van der Waals surface area contributed by atoms with E-state index >= 15 is 0 Å². The lowest BCUT2D eigenvalue weighted by atomic mass is 10.3. The van der Waals surface area contributed by atoms with Crippen LogP contribution in [0.5, 0.6) is 0 Å². The minimum Gasteiger partial charge on any atom is -0.396 e. The Bertz CT molecular complexity index is 164. The highest BCUT2D eigenvalue weighted by atomic mass is 19.3. The van der Waals surface area contributed by atoms with Crippen LogP contribution in [0.15, 0.2) is 0 Å². The average Bonchev–Trinajstić information content (AvgIpc) is 2.45. The molecule has 1 heterocycles. The maximum atomic E-state index is 11.9. The van der Waals surface area contributed by atoms with Gasteiger partial charge in [0.15, 0.2) is 0 Å². The number of alkyl halides is 2. The van der Waals surface area contributed by atoms with Crippen molar-refractivity contribution in [1.29, 1.82) is 0 Å². The van der Waals surface area contributed by atoms with E-state index in [4.69, 9.17) is 5.11 Å². The third kappa shape index (κ3) is 1.33. The van der Waals surface area contributed by atoms with Crippen molar-refractivity contribution in [3.05, 3.63) is 0 Å². The second-order valence-electron chi connectivity index (χ2n) is 3.78. The van der Waals surface area contributed by atoms with Crippen LogP contribution in [-0.2, 0) is 0 Å². The lowest BCUT2D eigenvalue weighted by molar-refractivity contribution is 0.0895. The summed E-state index contributed by atoms with van der Waals surface area (Å²) in [6.07, 6.45) is -2.21. The van der Waals surface area contributed by atoms with E-state index in [1.807, 2.05) is 0 Å². The van der Waals surface area contributed by atoms with Crippen LogP contribution in [0.4, 0.5) is 8.78 Å². The van der Waals surface area contributed by atoms with Crippen LogP contribution < -0.4 is 0 Å². The Morgan fingerprint density at radius 1 is 1.33 bits per heavy atom. The van der Waals surface area contributed by atoms with Gasteiger partial charge in [-0.2, -0.15) is 0 Å². The lowest BCUT2D eigenvalue weighted by Gasteiger charge is -2.17. The molecule has 2 nitrogen and oxygen atoms in total. The molecular formula is C8H13F2NO. The number of rotatable bonds is 3. The van der Waals surface area contributed by atoms with Gasteiger partial charge in [-0.3, -0.25) is 4.90 Å². The molecule has 0 bridgehead atoms. The summed E-state index contributed by atoms with van der Waals surface area (Å²) in [7, 11) is 0. The maximum absolute atomic E-state index is 11.9. The summed E-state index contributed by atoms with van der Waals surface area (Å²) in [4.78, 5) is 1.80. The molecule has 2 fully saturated rings. The SMILES string of the molecule is OCC1[C@H]2CN(CC(F)F)C[C@@H]12. The maximum Gasteiger partial charge on any atom is 0.251 e. The van der Waals surface area contributed by atoms with Gasteiger partial charge in [0.05, 0.1) is 6.54 Å². The van der Waals surface area contributed by atoms with Crippen LogP contribution in [0, 0.1) is 17.8 Å². The van der Waals surface area contributed by atoms with E-state index in [2.05, 4.69) is 0 Å². The Labute approximate surface area is 70.2 Å². The number of piperidine rings is 1. The topological polar surface area (TPSA) is 23.5 Å². The smallest absolute Gasteiger partial charge is 0.251 e. The molecule has 70 valence electrons. The number of fused-ring (bicyclic) bond motifs is 1. The highest BCUT2D eigenvalue weighted by Gasteiger charge is 2.54. The van der Waals surface area contributed by atoms with E-state index in [9.17, 15) is 8.78 Å². The molecule has 0 aromatic heterocycles. The van der Waals surface area contributed by atoms with Gasteiger partial charge in [-0.15, -0.1) is 0 Å². The predicted molar refractivity (Wildman–Crippen MR) is 40.0 cm³/mol. The molecule has 0 spiro atoms. The summed E-state index contributed by atoms with van der Waals surface area (Å²) in [6, 6.07) is 0. The summed E-state index contributed by atoms with van der Waals surface area (Å²) in [5.74, 6) is 1.43. The lowest BCUT2D eigenvalue weighted by Crippen LogP contribution is -2.29. The molecule has 1 saturated carbocycles. The van der Waals surface area contributed by atoms with Crippen LogP contribution in [0.25, 0.3) is 0 Å². The van der Waals surface area contributed by atoms with Crippen LogP contribution in [-0.4, -0.2) is 42.7 Å². The quantitative estimate of drug-likeness (QED) is 0.675. The van der Waals surface area contributed by atoms with Crippen molar-refractivity contribution in [1.82, 2.24) is 4.90 Å². The summed E-state index contributed by atoms with van der Waals surface area (Å²) in [5.41, 5.74) is 0. The minimum absolute atomic E-state index is 0.0921. The Morgan fingerprint density at radius 3 is 2.33 bits per heavy atom. The number of aliphatic hydroxyl groups is 1. The van der Waals surface area contributed by atoms with E-state index in [0.717, 1.165) is 13.1 Å². The van der Waals surface area contributed by atoms with Gasteiger partial charge in [0.1, 0.15) is 0 Å². The molecule has 1 aliphatic heterocycles. The van der Waals surface area contributed by atoms with E-state index in [-0.39, 0.29) is 13.2 Å². The van der Waals surface area contributed by atoms with Crippen LogP contribution in [0.1, 0.15) is 0 Å². The molecule has 3 atom stereocenters. The molecule has 0 amide bonds. The van der Waals surface area contributed by atoms with E-state index < -0.39 is 6.43 Å². The number of hydrogen-bond acceptors (Lipinski definition) is 2. The number of likely N-dealkylation sites (tertiary alicyclic amines) is 1. The molecule has 2 aliphatic rings. The number of aliphatic hydroxyl groups excluding tert-OH is 1. The zero-order valence-corrected chi connectivity index (χ0v) is 6.79. The molecule has 12 heavy (non-hydrogen) atoms. The second-order valence-corrected chi connectivity index (χ2v) is 3.78. The van der Waals surface area contributed by atoms with Crippen molar-refractivity contribution in [2.45, 2.75) is 6.43 Å². The fraction of sp³-hybridized carbons (Fsp3) is 1.00. The van der Waals surface area contributed by atoms with E-state index in [1.54, 1.807) is 4.90 Å². The number of halogens is 2. The molecule has 1 aliphatic carbocycles. The van der Waals surface area contributed by atoms with Gasteiger partial charge in [-0.25, -0.2) is 8.78 Å². The summed E-state index contributed by atoms with van der Waals surface area (Å²) in [5, 5.41) is 8.81. The monoisotopic (exact) mass is 177 g/mol. The van der Waals surface area contributed by atoms with Crippen molar-refractivity contribution in [2.24, 2.45) is 17.8 Å². The average molecular weight is 177 g/mol. The Morgan fingerprint density at radius 2 is 1.92 bits per heavy atom. The van der Waals surface area contributed by atoms with Gasteiger partial charge in [-0.1, -0.05) is 0 Å². The van der Waals surface area contributed by atoms with Gasteiger partial charge < -0.3 is 5.11 Å². The molecule has 0 aromatic rings. The second kappa shape index (κ2) is 2.92. The standard InChI is InChI=1S/C8H13F2NO/c9-8(10)3-11-1-5-6(2-11)7(5)4-12/h5-8,12H,1-4H2/t5-,6+,7?. The van der Waals surface area contributed by atoms with Gasteiger partial charge >= 0.3 is 0 Å². The Kier molecular flexibility index (Phi) is 2.04. The fourth-order valence-corrected chi connectivity index (χ4v) is 2.35. The Balaban J connectivity index is 1.75. The third-order valence-corrected chi connectivity index (χ3v) is 3.05. The molecule has 0 aromatic carbocycles. The largest absolute Gasteiger partial charge is 0.396 e. The van der Waals surface area contributed by atoms with Gasteiger partial charge in [-0.05, 0) is 17.8 Å². The molecule has 2 rings (SSSR count). The van der Waals surface area contributed by atoms with Crippen LogP contribution >= 0.6 is 0 Å². The predicted octanol–water partition coefficient (Wildman–Crippen LogP) is 0.422. The molecule has 4 heteroatoms. The minimum atomic E-state index is -2.21. The third-order valence-electron chi connectivity index (χ3n) is 3.05. The highest BCUT2D eigenvalue weighted by Crippen LogP contribution is 2.51. The van der Waals surface area contributed by atoms with Crippen LogP contribution in [0.3, 0.4) is 0 Å². The number of nitrogens with zero attached hydrogens (tertiary/aromatic N) is 1. The highest BCUT2D eigenvalue weighted by molar-refractivity contribution is 5.04. The molecular weight excluding hydrogens is 164 g/mol. The van der Waals surface area contributed by atoms with E-state index in [1.165, 1.54) is 0 Å². The Hall–Kier alpha value is -0.220. The van der Waals surface area contributed by atoms with Gasteiger partial charge in [0.25, 0.3) is 6.43 Å². The van der Waals surface area contributed by atoms with Crippen molar-refractivity contribution in [2.75, 3.05) is 26.2 Å². The molecule has 1 N–H and O–H groups in total.